The van der Waals surface area contributed by atoms with Gasteiger partial charge in [-0.15, -0.1) is 0 Å². The summed E-state index contributed by atoms with van der Waals surface area (Å²) in [5, 5.41) is 8.78. The number of aromatic nitrogens is 1. The molecule has 0 aliphatic carbocycles. The summed E-state index contributed by atoms with van der Waals surface area (Å²) in [6.45, 7) is 0. The lowest BCUT2D eigenvalue weighted by molar-refractivity contribution is -0.136. The van der Waals surface area contributed by atoms with Crippen LogP contribution in [0.1, 0.15) is 5.56 Å². The van der Waals surface area contributed by atoms with Crippen molar-refractivity contribution >= 4 is 5.97 Å². The highest BCUT2D eigenvalue weighted by Crippen LogP contribution is 2.30. The minimum Gasteiger partial charge on any atom is -0.481 e. The number of methoxy groups -OCH3 is 1. The molecule has 2 rings (SSSR count). The van der Waals surface area contributed by atoms with Crippen LogP contribution in [0, 0.1) is 5.82 Å². The van der Waals surface area contributed by atoms with E-state index in [0.717, 1.165) is 0 Å². The fourth-order valence-electron chi connectivity index (χ4n) is 1.80. The fourth-order valence-corrected chi connectivity index (χ4v) is 1.80. The van der Waals surface area contributed by atoms with Crippen molar-refractivity contribution in [2.45, 2.75) is 6.42 Å². The molecule has 98 valence electrons. The minimum absolute atomic E-state index is 0.168. The third-order valence-corrected chi connectivity index (χ3v) is 2.62. The van der Waals surface area contributed by atoms with E-state index in [9.17, 15) is 9.18 Å². The van der Waals surface area contributed by atoms with Crippen molar-refractivity contribution < 1.29 is 19.0 Å². The molecule has 0 bridgehead atoms. The lowest BCUT2D eigenvalue weighted by Crippen LogP contribution is -2.02. The summed E-state index contributed by atoms with van der Waals surface area (Å²) in [6.07, 6.45) is 1.25. The maximum atomic E-state index is 13.8. The van der Waals surface area contributed by atoms with E-state index in [-0.39, 0.29) is 12.3 Å². The van der Waals surface area contributed by atoms with Crippen molar-refractivity contribution in [1.29, 1.82) is 0 Å². The summed E-state index contributed by atoms with van der Waals surface area (Å²) >= 11 is 0. The molecule has 0 unspecified atom stereocenters. The highest BCUT2D eigenvalue weighted by molar-refractivity contribution is 5.73. The van der Waals surface area contributed by atoms with Crippen LogP contribution in [0.4, 0.5) is 4.39 Å². The molecular formula is C14H12FNO3. The molecule has 0 amide bonds. The maximum absolute atomic E-state index is 13.8. The van der Waals surface area contributed by atoms with Crippen LogP contribution in [0.2, 0.25) is 0 Å². The Kier molecular flexibility index (Phi) is 3.75. The zero-order valence-corrected chi connectivity index (χ0v) is 10.3. The number of pyridine rings is 1. The Balaban J connectivity index is 2.53. The van der Waals surface area contributed by atoms with Gasteiger partial charge in [-0.3, -0.25) is 4.79 Å². The topological polar surface area (TPSA) is 59.4 Å². The van der Waals surface area contributed by atoms with Gasteiger partial charge in [0.15, 0.2) is 0 Å². The first-order valence-corrected chi connectivity index (χ1v) is 5.61. The lowest BCUT2D eigenvalue weighted by Gasteiger charge is -2.10. The highest BCUT2D eigenvalue weighted by Gasteiger charge is 2.13. The predicted octanol–water partition coefficient (Wildman–Crippen LogP) is 2.52. The molecule has 0 atom stereocenters. The molecule has 1 aromatic heterocycles. The van der Waals surface area contributed by atoms with Crippen LogP contribution in [0.25, 0.3) is 11.1 Å². The maximum Gasteiger partial charge on any atom is 0.307 e. The minimum atomic E-state index is -0.966. The van der Waals surface area contributed by atoms with Gasteiger partial charge in [-0.2, -0.15) is 0 Å². The van der Waals surface area contributed by atoms with Crippen LogP contribution in [-0.2, 0) is 11.2 Å². The zero-order valence-electron chi connectivity index (χ0n) is 10.3. The number of rotatable bonds is 4. The summed E-state index contributed by atoms with van der Waals surface area (Å²) in [6, 6.07) is 7.79. The van der Waals surface area contributed by atoms with Gasteiger partial charge >= 0.3 is 5.97 Å². The Morgan fingerprint density at radius 2 is 2.11 bits per heavy atom. The zero-order chi connectivity index (χ0) is 13.8. The first-order valence-electron chi connectivity index (χ1n) is 5.61. The Bertz CT molecular complexity index is 613. The Morgan fingerprint density at radius 3 is 2.74 bits per heavy atom. The fraction of sp³-hybridized carbons (Fsp3) is 0.143. The number of carbonyl (C=O) groups is 1. The van der Waals surface area contributed by atoms with Gasteiger partial charge in [0.25, 0.3) is 0 Å². The molecule has 0 spiro atoms. The van der Waals surface area contributed by atoms with Gasteiger partial charge in [0.2, 0.25) is 5.88 Å². The number of ether oxygens (including phenoxy) is 1. The third kappa shape index (κ3) is 2.88. The number of halogens is 1. The van der Waals surface area contributed by atoms with Crippen LogP contribution in [0.5, 0.6) is 5.88 Å². The summed E-state index contributed by atoms with van der Waals surface area (Å²) in [5.41, 5.74) is 1.27. The molecule has 0 radical (unpaired) electrons. The number of benzene rings is 1. The summed E-state index contributed by atoms with van der Waals surface area (Å²) in [7, 11) is 1.43. The Labute approximate surface area is 109 Å². The lowest BCUT2D eigenvalue weighted by atomic mass is 10.0. The first-order chi connectivity index (χ1) is 9.11. The van der Waals surface area contributed by atoms with Crippen molar-refractivity contribution in [3.63, 3.8) is 0 Å². The molecule has 2 aromatic rings. The molecule has 0 saturated carbocycles. The summed E-state index contributed by atoms with van der Waals surface area (Å²) in [4.78, 5) is 14.7. The third-order valence-electron chi connectivity index (χ3n) is 2.62. The van der Waals surface area contributed by atoms with E-state index in [1.54, 1.807) is 24.3 Å². The standard InChI is InChI=1S/C14H12FNO3/c1-19-14-11(10-4-2-3-5-12(10)15)6-9(8-16-14)7-13(17)18/h2-6,8H,7H2,1H3,(H,17,18). The molecule has 1 N–H and O–H groups in total. The smallest absolute Gasteiger partial charge is 0.307 e. The van der Waals surface area contributed by atoms with E-state index in [1.807, 2.05) is 0 Å². The van der Waals surface area contributed by atoms with Crippen molar-refractivity contribution in [3.8, 4) is 17.0 Å². The van der Waals surface area contributed by atoms with E-state index in [0.29, 0.717) is 16.7 Å². The Hall–Kier alpha value is -2.43. The molecular weight excluding hydrogens is 249 g/mol. The number of hydrogen-bond acceptors (Lipinski definition) is 3. The summed E-state index contributed by atoms with van der Waals surface area (Å²) in [5.74, 6) is -1.11. The van der Waals surface area contributed by atoms with E-state index < -0.39 is 11.8 Å². The van der Waals surface area contributed by atoms with E-state index >= 15 is 0 Å². The number of nitrogens with zero attached hydrogens (tertiary/aromatic N) is 1. The van der Waals surface area contributed by atoms with Crippen LogP contribution in [-0.4, -0.2) is 23.2 Å². The first kappa shape index (κ1) is 13.0. The van der Waals surface area contributed by atoms with Crippen LogP contribution in [0.15, 0.2) is 36.5 Å². The number of carboxylic acids is 1. The van der Waals surface area contributed by atoms with Crippen molar-refractivity contribution in [3.05, 3.63) is 47.9 Å². The van der Waals surface area contributed by atoms with Gasteiger partial charge in [0.1, 0.15) is 5.82 Å². The average Bonchev–Trinajstić information content (AvgIpc) is 2.38. The van der Waals surface area contributed by atoms with Crippen LogP contribution in [0.3, 0.4) is 0 Å². The molecule has 0 fully saturated rings. The molecule has 4 nitrogen and oxygen atoms in total. The van der Waals surface area contributed by atoms with E-state index in [1.165, 1.54) is 19.4 Å². The van der Waals surface area contributed by atoms with Gasteiger partial charge in [-0.05, 0) is 17.7 Å². The number of hydrogen-bond donors (Lipinski definition) is 1. The van der Waals surface area contributed by atoms with E-state index in [2.05, 4.69) is 4.98 Å². The average molecular weight is 261 g/mol. The largest absolute Gasteiger partial charge is 0.481 e. The Morgan fingerprint density at radius 1 is 1.37 bits per heavy atom. The SMILES string of the molecule is COc1ncc(CC(=O)O)cc1-c1ccccc1F. The quantitative estimate of drug-likeness (QED) is 0.918. The van der Waals surface area contributed by atoms with Gasteiger partial charge in [0.05, 0.1) is 13.5 Å². The van der Waals surface area contributed by atoms with Crippen LogP contribution >= 0.6 is 0 Å². The van der Waals surface area contributed by atoms with Gasteiger partial charge < -0.3 is 9.84 Å². The van der Waals surface area contributed by atoms with Gasteiger partial charge in [0, 0.05) is 17.3 Å². The second kappa shape index (κ2) is 5.48. The number of aliphatic carboxylic acids is 1. The molecule has 0 aliphatic heterocycles. The number of carboxylic acid groups (broad SMARTS) is 1. The molecule has 1 heterocycles. The van der Waals surface area contributed by atoms with Gasteiger partial charge in [-0.25, -0.2) is 9.37 Å². The molecule has 5 heteroatoms. The van der Waals surface area contributed by atoms with Crippen LogP contribution < -0.4 is 4.74 Å². The predicted molar refractivity (Wildman–Crippen MR) is 67.5 cm³/mol. The van der Waals surface area contributed by atoms with E-state index in [4.69, 9.17) is 9.84 Å². The van der Waals surface area contributed by atoms with Crippen molar-refractivity contribution in [1.82, 2.24) is 4.98 Å². The molecule has 0 aliphatic rings. The summed E-state index contributed by atoms with van der Waals surface area (Å²) < 4.78 is 18.9. The molecule has 1 aromatic carbocycles. The van der Waals surface area contributed by atoms with Gasteiger partial charge in [-0.1, -0.05) is 18.2 Å². The highest BCUT2D eigenvalue weighted by atomic mass is 19.1. The second-order valence-corrected chi connectivity index (χ2v) is 3.95. The molecule has 19 heavy (non-hydrogen) atoms. The second-order valence-electron chi connectivity index (χ2n) is 3.95. The monoisotopic (exact) mass is 261 g/mol. The molecule has 0 saturated heterocycles. The van der Waals surface area contributed by atoms with Crippen molar-refractivity contribution in [2.75, 3.05) is 7.11 Å². The normalized spacial score (nSPS) is 10.2. The van der Waals surface area contributed by atoms with Crippen molar-refractivity contribution in [2.24, 2.45) is 0 Å².